The highest BCUT2D eigenvalue weighted by Gasteiger charge is 2.28. The molecule has 1 aliphatic heterocycles. The lowest BCUT2D eigenvalue weighted by Crippen LogP contribution is -2.22. The number of rotatable bonds is 7. The van der Waals surface area contributed by atoms with Crippen molar-refractivity contribution in [1.82, 2.24) is 9.97 Å². The molecule has 2 N–H and O–H groups in total. The van der Waals surface area contributed by atoms with Crippen molar-refractivity contribution < 1.29 is 8.42 Å². The Labute approximate surface area is 154 Å². The first-order valence-corrected chi connectivity index (χ1v) is 10.7. The first kappa shape index (κ1) is 18.4. The summed E-state index contributed by atoms with van der Waals surface area (Å²) in [6.07, 6.45) is 2.25. The Hall–Kier alpha value is -2.35. The Bertz CT molecular complexity index is 835. The van der Waals surface area contributed by atoms with Gasteiger partial charge in [0, 0.05) is 36.7 Å². The molecule has 7 nitrogen and oxygen atoms in total. The zero-order chi connectivity index (χ0) is 18.6. The minimum Gasteiger partial charge on any atom is -0.372 e. The van der Waals surface area contributed by atoms with Gasteiger partial charge in [0.15, 0.2) is 9.84 Å². The SMILES string of the molecule is CCN(CC)c1ccc(Nc2ccnc(NC3CCS(=O)(=O)C3)n2)cc1. The van der Waals surface area contributed by atoms with Gasteiger partial charge in [-0.1, -0.05) is 0 Å². The Morgan fingerprint density at radius 1 is 1.15 bits per heavy atom. The highest BCUT2D eigenvalue weighted by atomic mass is 32.2. The molecule has 0 aliphatic carbocycles. The molecule has 2 aromatic rings. The molecule has 140 valence electrons. The monoisotopic (exact) mass is 375 g/mol. The van der Waals surface area contributed by atoms with Crippen LogP contribution in [0.25, 0.3) is 0 Å². The fourth-order valence-corrected chi connectivity index (χ4v) is 4.75. The van der Waals surface area contributed by atoms with Gasteiger partial charge in [-0.3, -0.25) is 0 Å². The van der Waals surface area contributed by atoms with Crippen LogP contribution in [0.4, 0.5) is 23.1 Å². The molecule has 0 amide bonds. The van der Waals surface area contributed by atoms with Crippen molar-refractivity contribution in [1.29, 1.82) is 0 Å². The van der Waals surface area contributed by atoms with Gasteiger partial charge in [0.1, 0.15) is 5.82 Å². The third-order valence-electron chi connectivity index (χ3n) is 4.49. The maximum Gasteiger partial charge on any atom is 0.224 e. The number of hydrogen-bond acceptors (Lipinski definition) is 7. The largest absolute Gasteiger partial charge is 0.372 e. The van der Waals surface area contributed by atoms with Gasteiger partial charge in [-0.15, -0.1) is 0 Å². The second-order valence-corrected chi connectivity index (χ2v) is 8.58. The average molecular weight is 375 g/mol. The first-order chi connectivity index (χ1) is 12.5. The smallest absolute Gasteiger partial charge is 0.224 e. The fraction of sp³-hybridized carbons (Fsp3) is 0.444. The highest BCUT2D eigenvalue weighted by Crippen LogP contribution is 2.21. The van der Waals surface area contributed by atoms with Gasteiger partial charge in [0.25, 0.3) is 0 Å². The molecule has 26 heavy (non-hydrogen) atoms. The normalized spacial score (nSPS) is 18.5. The minimum absolute atomic E-state index is 0.122. The van der Waals surface area contributed by atoms with Gasteiger partial charge in [-0.25, -0.2) is 13.4 Å². The lowest BCUT2D eigenvalue weighted by atomic mass is 10.2. The number of nitrogens with one attached hydrogen (secondary N) is 2. The van der Waals surface area contributed by atoms with Crippen LogP contribution >= 0.6 is 0 Å². The number of anilines is 4. The molecule has 1 saturated heterocycles. The van der Waals surface area contributed by atoms with E-state index in [0.29, 0.717) is 18.2 Å². The highest BCUT2D eigenvalue weighted by molar-refractivity contribution is 7.91. The predicted molar refractivity (Wildman–Crippen MR) is 106 cm³/mol. The van der Waals surface area contributed by atoms with E-state index >= 15 is 0 Å². The molecule has 2 heterocycles. The molecule has 0 bridgehead atoms. The number of nitrogens with zero attached hydrogens (tertiary/aromatic N) is 3. The Morgan fingerprint density at radius 2 is 1.88 bits per heavy atom. The maximum atomic E-state index is 11.6. The molecule has 1 aromatic carbocycles. The quantitative estimate of drug-likeness (QED) is 0.769. The third-order valence-corrected chi connectivity index (χ3v) is 6.26. The van der Waals surface area contributed by atoms with Crippen molar-refractivity contribution in [2.75, 3.05) is 40.1 Å². The molecule has 0 spiro atoms. The van der Waals surface area contributed by atoms with Crippen molar-refractivity contribution in [3.63, 3.8) is 0 Å². The van der Waals surface area contributed by atoms with Crippen LogP contribution in [0.1, 0.15) is 20.3 Å². The fourth-order valence-electron chi connectivity index (χ4n) is 3.08. The molecular weight excluding hydrogens is 350 g/mol. The van der Waals surface area contributed by atoms with Crippen LogP contribution in [0, 0.1) is 0 Å². The number of hydrogen-bond donors (Lipinski definition) is 2. The second kappa shape index (κ2) is 7.90. The van der Waals surface area contributed by atoms with Crippen LogP contribution in [0.3, 0.4) is 0 Å². The summed E-state index contributed by atoms with van der Waals surface area (Å²) in [7, 11) is -2.93. The Balaban J connectivity index is 1.65. The van der Waals surface area contributed by atoms with Gasteiger partial charge in [-0.05, 0) is 50.6 Å². The Morgan fingerprint density at radius 3 is 2.50 bits per heavy atom. The van der Waals surface area contributed by atoms with Crippen LogP contribution in [0.15, 0.2) is 36.5 Å². The second-order valence-electron chi connectivity index (χ2n) is 6.35. The van der Waals surface area contributed by atoms with Crippen molar-refractivity contribution in [2.45, 2.75) is 26.3 Å². The molecule has 1 aromatic heterocycles. The van der Waals surface area contributed by atoms with Crippen molar-refractivity contribution >= 4 is 33.0 Å². The standard InChI is InChI=1S/C18H25N5O2S/c1-3-23(4-2)16-7-5-14(6-8-16)20-17-9-11-19-18(22-17)21-15-10-12-26(24,25)13-15/h5-9,11,15H,3-4,10,12-13H2,1-2H3,(H2,19,20,21,22). The van der Waals surface area contributed by atoms with E-state index in [-0.39, 0.29) is 17.5 Å². The summed E-state index contributed by atoms with van der Waals surface area (Å²) in [5, 5.41) is 6.37. The Kier molecular flexibility index (Phi) is 5.61. The molecule has 1 atom stereocenters. The van der Waals surface area contributed by atoms with Gasteiger partial charge in [-0.2, -0.15) is 4.98 Å². The summed E-state index contributed by atoms with van der Waals surface area (Å²) in [6.45, 7) is 6.23. The van der Waals surface area contributed by atoms with E-state index in [2.05, 4.69) is 51.5 Å². The molecule has 1 unspecified atom stereocenters. The summed E-state index contributed by atoms with van der Waals surface area (Å²) >= 11 is 0. The minimum atomic E-state index is -2.93. The topological polar surface area (TPSA) is 87.2 Å². The van der Waals surface area contributed by atoms with E-state index in [1.165, 1.54) is 5.69 Å². The maximum absolute atomic E-state index is 11.6. The van der Waals surface area contributed by atoms with Crippen LogP contribution < -0.4 is 15.5 Å². The van der Waals surface area contributed by atoms with Crippen LogP contribution in [0.5, 0.6) is 0 Å². The van der Waals surface area contributed by atoms with E-state index in [1.807, 2.05) is 12.1 Å². The van der Waals surface area contributed by atoms with Gasteiger partial charge in [0.05, 0.1) is 11.5 Å². The average Bonchev–Trinajstić information content (AvgIpc) is 2.96. The van der Waals surface area contributed by atoms with E-state index in [4.69, 9.17) is 0 Å². The summed E-state index contributed by atoms with van der Waals surface area (Å²) in [5.74, 6) is 1.47. The van der Waals surface area contributed by atoms with Crippen molar-refractivity contribution in [2.24, 2.45) is 0 Å². The molecule has 3 rings (SSSR count). The van der Waals surface area contributed by atoms with Crippen molar-refractivity contribution in [3.05, 3.63) is 36.5 Å². The molecule has 0 radical (unpaired) electrons. The number of sulfone groups is 1. The van der Waals surface area contributed by atoms with Crippen LogP contribution in [-0.2, 0) is 9.84 Å². The molecular formula is C18H25N5O2S. The molecule has 1 fully saturated rings. The van der Waals surface area contributed by atoms with Crippen molar-refractivity contribution in [3.8, 4) is 0 Å². The number of aromatic nitrogens is 2. The zero-order valence-corrected chi connectivity index (χ0v) is 16.0. The van der Waals surface area contributed by atoms with E-state index in [9.17, 15) is 8.42 Å². The van der Waals surface area contributed by atoms with E-state index < -0.39 is 9.84 Å². The van der Waals surface area contributed by atoms with Crippen LogP contribution in [-0.4, -0.2) is 49.0 Å². The third kappa shape index (κ3) is 4.63. The molecule has 1 aliphatic rings. The predicted octanol–water partition coefficient (Wildman–Crippen LogP) is 2.67. The molecule has 8 heteroatoms. The zero-order valence-electron chi connectivity index (χ0n) is 15.1. The van der Waals surface area contributed by atoms with Gasteiger partial charge >= 0.3 is 0 Å². The van der Waals surface area contributed by atoms with E-state index in [1.54, 1.807) is 12.3 Å². The number of benzene rings is 1. The lowest BCUT2D eigenvalue weighted by Gasteiger charge is -2.21. The summed E-state index contributed by atoms with van der Waals surface area (Å²) in [6, 6.07) is 9.87. The lowest BCUT2D eigenvalue weighted by molar-refractivity contribution is 0.602. The summed E-state index contributed by atoms with van der Waals surface area (Å²) in [5.41, 5.74) is 2.13. The van der Waals surface area contributed by atoms with E-state index in [0.717, 1.165) is 18.8 Å². The van der Waals surface area contributed by atoms with Crippen LogP contribution in [0.2, 0.25) is 0 Å². The van der Waals surface area contributed by atoms with Gasteiger partial charge in [0.2, 0.25) is 5.95 Å². The molecule has 0 saturated carbocycles. The summed E-state index contributed by atoms with van der Waals surface area (Å²) < 4.78 is 23.1. The first-order valence-electron chi connectivity index (χ1n) is 8.91. The summed E-state index contributed by atoms with van der Waals surface area (Å²) in [4.78, 5) is 10.9. The van der Waals surface area contributed by atoms with Gasteiger partial charge < -0.3 is 15.5 Å².